The molecular weight excluding hydrogens is 569 g/mol. The number of amides is 2. The molecule has 3 aromatic carbocycles. The van der Waals surface area contributed by atoms with E-state index >= 15 is 0 Å². The Balaban J connectivity index is 1.70. The van der Waals surface area contributed by atoms with Gasteiger partial charge >= 0.3 is 0 Å². The molecule has 2 amide bonds. The van der Waals surface area contributed by atoms with Gasteiger partial charge in [0.05, 0.1) is 17.2 Å². The monoisotopic (exact) mass is 609 g/mol. The highest BCUT2D eigenvalue weighted by Crippen LogP contribution is 2.27. The largest absolute Gasteiger partial charge is 0.494 e. The van der Waals surface area contributed by atoms with Gasteiger partial charge in [-0.25, -0.2) is 12.8 Å². The maximum atomic E-state index is 14.2. The number of nitrogens with one attached hydrogen (secondary N) is 1. The molecule has 1 aliphatic rings. The first-order valence-corrected chi connectivity index (χ1v) is 16.2. The summed E-state index contributed by atoms with van der Waals surface area (Å²) in [7, 11) is -4.27. The maximum Gasteiger partial charge on any atom is 0.264 e. The number of benzene rings is 3. The summed E-state index contributed by atoms with van der Waals surface area (Å²) in [5.41, 5.74) is 1.95. The van der Waals surface area contributed by atoms with Crippen LogP contribution in [0.5, 0.6) is 5.75 Å². The minimum absolute atomic E-state index is 0.0515. The number of rotatable bonds is 13. The van der Waals surface area contributed by atoms with Gasteiger partial charge in [-0.05, 0) is 87.2 Å². The molecule has 10 heteroatoms. The molecule has 3 aromatic rings. The summed E-state index contributed by atoms with van der Waals surface area (Å²) in [5.74, 6) is -0.828. The van der Waals surface area contributed by atoms with E-state index in [0.717, 1.165) is 53.2 Å². The molecule has 1 atom stereocenters. The number of carbonyl (C=O) groups is 2. The second-order valence-electron chi connectivity index (χ2n) is 10.8. The van der Waals surface area contributed by atoms with Gasteiger partial charge in [0.1, 0.15) is 24.2 Å². The predicted octanol–water partition coefficient (Wildman–Crippen LogP) is 5.59. The van der Waals surface area contributed by atoms with Crippen molar-refractivity contribution in [2.24, 2.45) is 0 Å². The Morgan fingerprint density at radius 1 is 1.00 bits per heavy atom. The van der Waals surface area contributed by atoms with Crippen molar-refractivity contribution in [3.8, 4) is 5.75 Å². The van der Waals surface area contributed by atoms with Crippen LogP contribution in [0.1, 0.15) is 57.1 Å². The lowest BCUT2D eigenvalue weighted by atomic mass is 10.1. The molecule has 1 fully saturated rings. The molecule has 1 saturated carbocycles. The smallest absolute Gasteiger partial charge is 0.264 e. The number of hydrogen-bond acceptors (Lipinski definition) is 5. The Morgan fingerprint density at radius 2 is 1.67 bits per heavy atom. The van der Waals surface area contributed by atoms with Crippen molar-refractivity contribution in [2.75, 3.05) is 17.5 Å². The number of aryl methyl sites for hydroxylation is 1. The van der Waals surface area contributed by atoms with Crippen molar-refractivity contribution < 1.29 is 27.1 Å². The molecule has 0 radical (unpaired) electrons. The van der Waals surface area contributed by atoms with Gasteiger partial charge in [-0.3, -0.25) is 13.9 Å². The van der Waals surface area contributed by atoms with Crippen molar-refractivity contribution in [1.82, 2.24) is 10.2 Å². The highest BCUT2D eigenvalue weighted by atomic mass is 32.2. The number of nitrogens with zero attached hydrogens (tertiary/aromatic N) is 2. The molecule has 0 saturated heterocycles. The Bertz CT molecular complexity index is 1490. The third-order valence-electron chi connectivity index (χ3n) is 7.64. The molecule has 0 spiro atoms. The van der Waals surface area contributed by atoms with Crippen LogP contribution in [-0.2, 0) is 26.2 Å². The van der Waals surface area contributed by atoms with E-state index in [0.29, 0.717) is 18.8 Å². The molecular formula is C33H40FN3O5S. The number of ether oxygens (including phenoxy) is 1. The van der Waals surface area contributed by atoms with Crippen LogP contribution in [-0.4, -0.2) is 50.4 Å². The standard InChI is InChI=1S/C33H40FN3O5S/c1-4-31(33(39)35-27-11-6-7-12-27)36(22-25-10-8-9-24(3)21-25)32(38)23-37(28-15-13-26(34)14-16-28)43(40,41)30-19-17-29(18-20-30)42-5-2/h8-10,13-21,27,31H,4-7,11-12,22-23H2,1-3H3,(H,35,39)/t31-/m0/s1. The minimum atomic E-state index is -4.27. The molecule has 0 bridgehead atoms. The highest BCUT2D eigenvalue weighted by molar-refractivity contribution is 7.92. The molecule has 0 aliphatic heterocycles. The fourth-order valence-corrected chi connectivity index (χ4v) is 6.85. The summed E-state index contributed by atoms with van der Waals surface area (Å²) in [6, 6.07) is 17.8. The SMILES string of the molecule is CCOc1ccc(S(=O)(=O)N(CC(=O)N(Cc2cccc(C)c2)[C@@H](CC)C(=O)NC2CCCC2)c2ccc(F)cc2)cc1. The quantitative estimate of drug-likeness (QED) is 0.273. The van der Waals surface area contributed by atoms with Gasteiger partial charge in [0.2, 0.25) is 11.8 Å². The summed E-state index contributed by atoms with van der Waals surface area (Å²) in [6.45, 7) is 5.57. The van der Waals surface area contributed by atoms with Crippen molar-refractivity contribution in [3.63, 3.8) is 0 Å². The molecule has 0 unspecified atom stereocenters. The normalized spacial score (nSPS) is 14.2. The van der Waals surface area contributed by atoms with Crippen LogP contribution in [0.2, 0.25) is 0 Å². The zero-order chi connectivity index (χ0) is 31.0. The van der Waals surface area contributed by atoms with Crippen LogP contribution in [0.25, 0.3) is 0 Å². The van der Waals surface area contributed by atoms with E-state index in [9.17, 15) is 22.4 Å². The lowest BCUT2D eigenvalue weighted by Crippen LogP contribution is -2.53. The summed E-state index contributed by atoms with van der Waals surface area (Å²) in [5, 5.41) is 3.11. The molecule has 230 valence electrons. The van der Waals surface area contributed by atoms with Crippen molar-refractivity contribution in [2.45, 2.75) is 76.4 Å². The molecule has 1 N–H and O–H groups in total. The topological polar surface area (TPSA) is 96.0 Å². The fraction of sp³-hybridized carbons (Fsp3) is 0.394. The fourth-order valence-electron chi connectivity index (χ4n) is 5.43. The van der Waals surface area contributed by atoms with E-state index in [4.69, 9.17) is 4.74 Å². The van der Waals surface area contributed by atoms with Gasteiger partial charge in [0.25, 0.3) is 10.0 Å². The highest BCUT2D eigenvalue weighted by Gasteiger charge is 2.34. The Labute approximate surface area is 253 Å². The minimum Gasteiger partial charge on any atom is -0.494 e. The van der Waals surface area contributed by atoms with Crippen LogP contribution in [0.3, 0.4) is 0 Å². The van der Waals surface area contributed by atoms with Crippen LogP contribution >= 0.6 is 0 Å². The van der Waals surface area contributed by atoms with E-state index in [1.165, 1.54) is 29.2 Å². The Kier molecular flexibility index (Phi) is 10.8. The zero-order valence-corrected chi connectivity index (χ0v) is 25.8. The van der Waals surface area contributed by atoms with E-state index < -0.39 is 34.3 Å². The summed E-state index contributed by atoms with van der Waals surface area (Å²) >= 11 is 0. The lowest BCUT2D eigenvalue weighted by molar-refractivity contribution is -0.140. The maximum absolute atomic E-state index is 14.2. The average Bonchev–Trinajstić information content (AvgIpc) is 3.50. The van der Waals surface area contributed by atoms with Gasteiger partial charge in [0.15, 0.2) is 0 Å². The summed E-state index contributed by atoms with van der Waals surface area (Å²) < 4.78 is 48.3. The molecule has 0 aromatic heterocycles. The summed E-state index contributed by atoms with van der Waals surface area (Å²) in [4.78, 5) is 29.1. The van der Waals surface area contributed by atoms with Crippen LogP contribution in [0, 0.1) is 12.7 Å². The van der Waals surface area contributed by atoms with E-state index in [1.54, 1.807) is 12.1 Å². The lowest BCUT2D eigenvalue weighted by Gasteiger charge is -2.34. The van der Waals surface area contributed by atoms with Crippen molar-refractivity contribution in [3.05, 3.63) is 89.7 Å². The predicted molar refractivity (Wildman–Crippen MR) is 165 cm³/mol. The number of sulfonamides is 1. The van der Waals surface area contributed by atoms with Crippen LogP contribution < -0.4 is 14.4 Å². The van der Waals surface area contributed by atoms with E-state index in [1.807, 2.05) is 45.0 Å². The van der Waals surface area contributed by atoms with Gasteiger partial charge in [0, 0.05) is 12.6 Å². The average molecular weight is 610 g/mol. The van der Waals surface area contributed by atoms with Gasteiger partial charge in [-0.15, -0.1) is 0 Å². The van der Waals surface area contributed by atoms with Crippen LogP contribution in [0.4, 0.5) is 10.1 Å². The Hall–Kier alpha value is -3.92. The first kappa shape index (κ1) is 32.0. The second-order valence-corrected chi connectivity index (χ2v) is 12.7. The first-order chi connectivity index (χ1) is 20.6. The molecule has 1 aliphatic carbocycles. The first-order valence-electron chi connectivity index (χ1n) is 14.8. The summed E-state index contributed by atoms with van der Waals surface area (Å²) in [6.07, 6.45) is 4.23. The number of carbonyl (C=O) groups excluding carboxylic acids is 2. The molecule has 8 nitrogen and oxygen atoms in total. The molecule has 43 heavy (non-hydrogen) atoms. The number of hydrogen-bond donors (Lipinski definition) is 1. The van der Waals surface area contributed by atoms with Gasteiger partial charge in [-0.2, -0.15) is 0 Å². The third-order valence-corrected chi connectivity index (χ3v) is 9.43. The zero-order valence-electron chi connectivity index (χ0n) is 25.0. The Morgan fingerprint density at radius 3 is 2.28 bits per heavy atom. The molecule has 4 rings (SSSR count). The van der Waals surface area contributed by atoms with E-state index in [2.05, 4.69) is 5.32 Å². The van der Waals surface area contributed by atoms with Crippen LogP contribution in [0.15, 0.2) is 77.7 Å². The molecule has 0 heterocycles. The van der Waals surface area contributed by atoms with Gasteiger partial charge in [-0.1, -0.05) is 49.6 Å². The van der Waals surface area contributed by atoms with Crippen molar-refractivity contribution >= 4 is 27.5 Å². The van der Waals surface area contributed by atoms with Gasteiger partial charge < -0.3 is 15.0 Å². The third kappa shape index (κ3) is 8.13. The number of halogens is 1. The van der Waals surface area contributed by atoms with Crippen molar-refractivity contribution in [1.29, 1.82) is 0 Å². The van der Waals surface area contributed by atoms with E-state index in [-0.39, 0.29) is 29.1 Å². The second kappa shape index (κ2) is 14.5. The number of anilines is 1.